The monoisotopic (exact) mass is 230 g/mol. The van der Waals surface area contributed by atoms with Gasteiger partial charge in [-0.25, -0.2) is 0 Å². The van der Waals surface area contributed by atoms with Crippen LogP contribution < -0.4 is 0 Å². The molecule has 0 spiro atoms. The molecule has 1 aromatic rings. The van der Waals surface area contributed by atoms with Crippen LogP contribution in [0.25, 0.3) is 0 Å². The van der Waals surface area contributed by atoms with E-state index in [0.29, 0.717) is 5.56 Å². The first kappa shape index (κ1) is 11.7. The molecule has 5 heteroatoms. The van der Waals surface area contributed by atoms with Gasteiger partial charge in [-0.1, -0.05) is 24.6 Å². The SMILES string of the molecule is CC(Cc1ccc(Cl)c(O)c1O)C(=O)O. The normalized spacial score (nSPS) is 12.4. The van der Waals surface area contributed by atoms with E-state index in [4.69, 9.17) is 16.7 Å². The first-order valence-electron chi connectivity index (χ1n) is 4.35. The number of carboxylic acid groups (broad SMARTS) is 1. The van der Waals surface area contributed by atoms with Gasteiger partial charge in [0, 0.05) is 0 Å². The van der Waals surface area contributed by atoms with Crippen molar-refractivity contribution < 1.29 is 20.1 Å². The summed E-state index contributed by atoms with van der Waals surface area (Å²) in [6.07, 6.45) is 0.145. The van der Waals surface area contributed by atoms with Crippen LogP contribution in [0.1, 0.15) is 12.5 Å². The van der Waals surface area contributed by atoms with Crippen molar-refractivity contribution in [2.45, 2.75) is 13.3 Å². The summed E-state index contributed by atoms with van der Waals surface area (Å²) in [7, 11) is 0. The number of carbonyl (C=O) groups is 1. The molecule has 0 bridgehead atoms. The maximum atomic E-state index is 10.6. The minimum Gasteiger partial charge on any atom is -0.504 e. The van der Waals surface area contributed by atoms with Crippen LogP contribution in [0.3, 0.4) is 0 Å². The Balaban J connectivity index is 2.97. The molecular weight excluding hydrogens is 220 g/mol. The fourth-order valence-corrected chi connectivity index (χ4v) is 1.33. The molecule has 0 aliphatic heterocycles. The Morgan fingerprint density at radius 1 is 1.40 bits per heavy atom. The van der Waals surface area contributed by atoms with Gasteiger partial charge in [-0.15, -0.1) is 0 Å². The number of aliphatic carboxylic acids is 1. The predicted octanol–water partition coefficient (Wildman–Crippen LogP) is 2.01. The highest BCUT2D eigenvalue weighted by molar-refractivity contribution is 6.32. The lowest BCUT2D eigenvalue weighted by molar-refractivity contribution is -0.141. The van der Waals surface area contributed by atoms with E-state index < -0.39 is 17.6 Å². The van der Waals surface area contributed by atoms with Gasteiger partial charge in [0.2, 0.25) is 0 Å². The summed E-state index contributed by atoms with van der Waals surface area (Å²) in [5.74, 6) is -2.34. The Morgan fingerprint density at radius 2 is 2.00 bits per heavy atom. The van der Waals surface area contributed by atoms with E-state index in [1.165, 1.54) is 19.1 Å². The number of carboxylic acids is 1. The minimum absolute atomic E-state index is 0.0410. The standard InChI is InChI=1S/C10H11ClO4/c1-5(10(14)15)4-6-2-3-7(11)9(13)8(6)12/h2-3,5,12-13H,4H2,1H3,(H,14,15). The summed E-state index contributed by atoms with van der Waals surface area (Å²) < 4.78 is 0. The molecule has 3 N–H and O–H groups in total. The van der Waals surface area contributed by atoms with Crippen molar-refractivity contribution in [3.63, 3.8) is 0 Å². The van der Waals surface area contributed by atoms with Gasteiger partial charge in [0.05, 0.1) is 10.9 Å². The van der Waals surface area contributed by atoms with Crippen LogP contribution in [0, 0.1) is 5.92 Å². The topological polar surface area (TPSA) is 77.8 Å². The highest BCUT2D eigenvalue weighted by Crippen LogP contribution is 2.36. The fraction of sp³-hybridized carbons (Fsp3) is 0.300. The molecule has 0 heterocycles. The number of aromatic hydroxyl groups is 2. The Hall–Kier alpha value is -1.42. The van der Waals surface area contributed by atoms with Crippen molar-refractivity contribution in [2.75, 3.05) is 0 Å². The maximum absolute atomic E-state index is 10.6. The van der Waals surface area contributed by atoms with Crippen LogP contribution in [0.5, 0.6) is 11.5 Å². The molecule has 4 nitrogen and oxygen atoms in total. The van der Waals surface area contributed by atoms with Crippen molar-refractivity contribution >= 4 is 17.6 Å². The average molecular weight is 231 g/mol. The summed E-state index contributed by atoms with van der Waals surface area (Å²) in [6.45, 7) is 1.52. The molecule has 82 valence electrons. The van der Waals surface area contributed by atoms with Crippen molar-refractivity contribution in [3.05, 3.63) is 22.7 Å². The maximum Gasteiger partial charge on any atom is 0.306 e. The summed E-state index contributed by atoms with van der Waals surface area (Å²) in [4.78, 5) is 10.6. The molecule has 1 rings (SSSR count). The van der Waals surface area contributed by atoms with E-state index in [1.54, 1.807) is 0 Å². The van der Waals surface area contributed by atoms with E-state index in [-0.39, 0.29) is 17.2 Å². The lowest BCUT2D eigenvalue weighted by Gasteiger charge is -2.09. The van der Waals surface area contributed by atoms with Gasteiger partial charge in [-0.2, -0.15) is 0 Å². The molecule has 0 aromatic heterocycles. The highest BCUT2D eigenvalue weighted by atomic mass is 35.5. The Labute approximate surface area is 91.7 Å². The van der Waals surface area contributed by atoms with Crippen molar-refractivity contribution in [3.8, 4) is 11.5 Å². The number of phenols is 2. The number of hydrogen-bond acceptors (Lipinski definition) is 3. The molecule has 1 unspecified atom stereocenters. The fourth-order valence-electron chi connectivity index (χ4n) is 1.18. The van der Waals surface area contributed by atoms with Crippen LogP contribution in [0.4, 0.5) is 0 Å². The van der Waals surface area contributed by atoms with Crippen LogP contribution in [-0.4, -0.2) is 21.3 Å². The lowest BCUT2D eigenvalue weighted by atomic mass is 10.0. The van der Waals surface area contributed by atoms with E-state index in [0.717, 1.165) is 0 Å². The van der Waals surface area contributed by atoms with Gasteiger partial charge in [0.1, 0.15) is 0 Å². The minimum atomic E-state index is -0.955. The molecule has 1 atom stereocenters. The van der Waals surface area contributed by atoms with Crippen LogP contribution in [-0.2, 0) is 11.2 Å². The van der Waals surface area contributed by atoms with Gasteiger partial charge < -0.3 is 15.3 Å². The molecule has 1 aromatic carbocycles. The third-order valence-electron chi connectivity index (χ3n) is 2.13. The van der Waals surface area contributed by atoms with Crippen molar-refractivity contribution in [1.29, 1.82) is 0 Å². The molecule has 0 amide bonds. The summed E-state index contributed by atoms with van der Waals surface area (Å²) in [6, 6.07) is 2.91. The molecule has 15 heavy (non-hydrogen) atoms. The third kappa shape index (κ3) is 2.53. The van der Waals surface area contributed by atoms with Crippen LogP contribution in [0.15, 0.2) is 12.1 Å². The molecule has 0 aliphatic carbocycles. The van der Waals surface area contributed by atoms with E-state index in [2.05, 4.69) is 0 Å². The van der Waals surface area contributed by atoms with Crippen molar-refractivity contribution in [1.82, 2.24) is 0 Å². The smallest absolute Gasteiger partial charge is 0.306 e. The highest BCUT2D eigenvalue weighted by Gasteiger charge is 2.16. The summed E-state index contributed by atoms with van der Waals surface area (Å²) in [5, 5.41) is 27.5. The van der Waals surface area contributed by atoms with Gasteiger partial charge in [0.25, 0.3) is 0 Å². The van der Waals surface area contributed by atoms with E-state index in [9.17, 15) is 15.0 Å². The molecule has 0 saturated carbocycles. The molecule has 0 radical (unpaired) electrons. The zero-order valence-electron chi connectivity index (χ0n) is 8.07. The number of halogens is 1. The van der Waals surface area contributed by atoms with Gasteiger partial charge >= 0.3 is 5.97 Å². The molecular formula is C10H11ClO4. The second-order valence-electron chi connectivity index (χ2n) is 3.35. The summed E-state index contributed by atoms with van der Waals surface area (Å²) in [5.41, 5.74) is 0.367. The lowest BCUT2D eigenvalue weighted by Crippen LogP contribution is -2.12. The van der Waals surface area contributed by atoms with Crippen LogP contribution in [0.2, 0.25) is 5.02 Å². The Bertz CT molecular complexity index is 389. The number of phenolic OH excluding ortho intramolecular Hbond substituents is 2. The van der Waals surface area contributed by atoms with Crippen molar-refractivity contribution in [2.24, 2.45) is 5.92 Å². The first-order chi connectivity index (χ1) is 6.93. The number of rotatable bonds is 3. The molecule has 0 saturated heterocycles. The Morgan fingerprint density at radius 3 is 2.53 bits per heavy atom. The number of benzene rings is 1. The van der Waals surface area contributed by atoms with Gasteiger partial charge in [-0.05, 0) is 18.1 Å². The van der Waals surface area contributed by atoms with Gasteiger partial charge in [-0.3, -0.25) is 4.79 Å². The zero-order valence-corrected chi connectivity index (χ0v) is 8.82. The van der Waals surface area contributed by atoms with E-state index >= 15 is 0 Å². The number of hydrogen-bond donors (Lipinski definition) is 3. The van der Waals surface area contributed by atoms with Gasteiger partial charge in [0.15, 0.2) is 11.5 Å². The Kier molecular flexibility index (Phi) is 3.42. The second kappa shape index (κ2) is 4.40. The molecule has 0 fully saturated rings. The summed E-state index contributed by atoms with van der Waals surface area (Å²) >= 11 is 5.56. The second-order valence-corrected chi connectivity index (χ2v) is 3.75. The van der Waals surface area contributed by atoms with E-state index in [1.807, 2.05) is 0 Å². The third-order valence-corrected chi connectivity index (χ3v) is 2.44. The largest absolute Gasteiger partial charge is 0.504 e. The first-order valence-corrected chi connectivity index (χ1v) is 4.73. The molecule has 0 aliphatic rings. The predicted molar refractivity (Wildman–Crippen MR) is 55.3 cm³/mol. The average Bonchev–Trinajstić information content (AvgIpc) is 2.18. The van der Waals surface area contributed by atoms with Crippen LogP contribution >= 0.6 is 11.6 Å². The quantitative estimate of drug-likeness (QED) is 0.695. The zero-order chi connectivity index (χ0) is 11.6.